The number of benzene rings is 2. The lowest BCUT2D eigenvalue weighted by molar-refractivity contribution is -0.145. The van der Waals surface area contributed by atoms with Crippen molar-refractivity contribution in [2.75, 3.05) is 18.0 Å². The van der Waals surface area contributed by atoms with Crippen molar-refractivity contribution in [2.24, 2.45) is 11.7 Å². The van der Waals surface area contributed by atoms with E-state index in [9.17, 15) is 22.8 Å². The van der Waals surface area contributed by atoms with E-state index >= 15 is 4.39 Å². The smallest absolute Gasteiger partial charge is 0.419 e. The molecule has 0 spiro atoms. The van der Waals surface area contributed by atoms with Crippen LogP contribution in [-0.2, 0) is 52.9 Å². The van der Waals surface area contributed by atoms with Crippen LogP contribution in [0, 0.1) is 11.7 Å². The number of fused-ring (bicyclic) bond motifs is 2. The number of aromatic nitrogens is 5. The molecule has 6 rings (SSSR count). The predicted molar refractivity (Wildman–Crippen MR) is 187 cm³/mol. The number of hydrogen-bond donors (Lipinski definition) is 3. The molecule has 274 valence electrons. The number of nitrogens with zero attached hydrogens (tertiary/aromatic N) is 5. The third kappa shape index (κ3) is 7.09. The van der Waals surface area contributed by atoms with Crippen molar-refractivity contribution in [1.82, 2.24) is 30.0 Å². The Bertz CT molecular complexity index is 2080. The number of hydrogen-bond acceptors (Lipinski definition) is 8. The lowest BCUT2D eigenvalue weighted by Crippen LogP contribution is -2.45. The second kappa shape index (κ2) is 14.7. The van der Waals surface area contributed by atoms with E-state index in [1.165, 1.54) is 6.07 Å². The number of amides is 1. The molecule has 0 aliphatic carbocycles. The highest BCUT2D eigenvalue weighted by molar-refractivity contribution is 5.98. The zero-order valence-corrected chi connectivity index (χ0v) is 29.3. The standard InChI is InChI=1S/C37H40F4N8O3/c1-5-21-8-7-9-22(6-2)33(21)49-34(26-18-48(13-11-28(26)47-49)36-45-15-24(16-46-36)37(39,40)41)30-25-10-12-43-32(25)23(14-27(30)38)19-52-29(50)17-44-35(51)31(42)20(3)4/h7-10,12,14-16,20,31,43H,5-6,11,13,17-19,42H2,1-4H3,(H,44,51). The summed E-state index contributed by atoms with van der Waals surface area (Å²) < 4.78 is 63.8. The van der Waals surface area contributed by atoms with Crippen LogP contribution in [0.4, 0.5) is 23.5 Å². The molecule has 0 saturated carbocycles. The maximum absolute atomic E-state index is 16.8. The number of nitrogens with two attached hydrogens (primary N) is 1. The summed E-state index contributed by atoms with van der Waals surface area (Å²) in [5.74, 6) is -1.78. The number of aryl methyl sites for hydroxylation is 2. The molecule has 52 heavy (non-hydrogen) atoms. The highest BCUT2D eigenvalue weighted by Gasteiger charge is 2.34. The minimum Gasteiger partial charge on any atom is -0.459 e. The van der Waals surface area contributed by atoms with Gasteiger partial charge in [0, 0.05) is 60.2 Å². The van der Waals surface area contributed by atoms with Crippen LogP contribution in [-0.4, -0.2) is 55.7 Å². The minimum absolute atomic E-state index is 0.118. The normalized spacial score (nSPS) is 13.8. The average molecular weight is 721 g/mol. The van der Waals surface area contributed by atoms with E-state index in [2.05, 4.69) is 20.3 Å². The second-order valence-corrected chi connectivity index (χ2v) is 13.1. The van der Waals surface area contributed by atoms with Gasteiger partial charge in [-0.2, -0.15) is 18.3 Å². The van der Waals surface area contributed by atoms with Gasteiger partial charge >= 0.3 is 12.1 Å². The van der Waals surface area contributed by atoms with Gasteiger partial charge in [-0.15, -0.1) is 0 Å². The van der Waals surface area contributed by atoms with E-state index in [-0.39, 0.29) is 30.6 Å². The van der Waals surface area contributed by atoms with Crippen molar-refractivity contribution in [1.29, 1.82) is 0 Å². The summed E-state index contributed by atoms with van der Waals surface area (Å²) in [5, 5.41) is 8.06. The van der Waals surface area contributed by atoms with Gasteiger partial charge in [0.25, 0.3) is 0 Å². The first kappa shape index (κ1) is 36.5. The van der Waals surface area contributed by atoms with Crippen LogP contribution in [0.3, 0.4) is 0 Å². The maximum Gasteiger partial charge on any atom is 0.419 e. The molecule has 1 amide bonds. The zero-order valence-electron chi connectivity index (χ0n) is 29.3. The molecule has 1 atom stereocenters. The Labute approximate surface area is 297 Å². The molecule has 2 aromatic carbocycles. The number of alkyl halides is 3. The molecule has 11 nitrogen and oxygen atoms in total. The number of nitrogens with one attached hydrogen (secondary N) is 2. The molecule has 15 heteroatoms. The van der Waals surface area contributed by atoms with E-state index < -0.39 is 42.0 Å². The van der Waals surface area contributed by atoms with Gasteiger partial charge in [-0.05, 0) is 42.0 Å². The SMILES string of the molecule is CCc1cccc(CC)c1-n1nc2c(c1-c1c(F)cc(COC(=O)CNC(=O)C(N)C(C)C)c3[nH]ccc13)CN(c1ncc(C(F)(F)F)cn1)CC2. The maximum atomic E-state index is 16.8. The molecule has 3 aromatic heterocycles. The number of ether oxygens (including phenoxy) is 1. The first-order chi connectivity index (χ1) is 24.8. The molecule has 4 N–H and O–H groups in total. The van der Waals surface area contributed by atoms with Crippen LogP contribution in [0.5, 0.6) is 0 Å². The third-order valence-electron chi connectivity index (χ3n) is 9.39. The second-order valence-electron chi connectivity index (χ2n) is 13.1. The number of H-pyrrole nitrogens is 1. The van der Waals surface area contributed by atoms with Gasteiger partial charge in [0.2, 0.25) is 11.9 Å². The van der Waals surface area contributed by atoms with Crippen molar-refractivity contribution in [3.8, 4) is 16.9 Å². The molecule has 5 aromatic rings. The van der Waals surface area contributed by atoms with E-state index in [0.717, 1.165) is 34.9 Å². The largest absolute Gasteiger partial charge is 0.459 e. The van der Waals surface area contributed by atoms with Crippen LogP contribution >= 0.6 is 0 Å². The number of esters is 1. The van der Waals surface area contributed by atoms with Crippen LogP contribution in [0.1, 0.15) is 61.2 Å². The Hall–Kier alpha value is -5.31. The van der Waals surface area contributed by atoms with Gasteiger partial charge in [0.05, 0.1) is 34.2 Å². The number of para-hydroxylation sites is 1. The highest BCUT2D eigenvalue weighted by Crippen LogP contribution is 2.41. The van der Waals surface area contributed by atoms with E-state index in [1.54, 1.807) is 35.7 Å². The summed E-state index contributed by atoms with van der Waals surface area (Å²) in [4.78, 5) is 37.7. The number of anilines is 1. The monoisotopic (exact) mass is 720 g/mol. The van der Waals surface area contributed by atoms with Gasteiger partial charge in [-0.1, -0.05) is 45.9 Å². The van der Waals surface area contributed by atoms with E-state index in [4.69, 9.17) is 15.6 Å². The molecule has 0 bridgehead atoms. The average Bonchev–Trinajstić information content (AvgIpc) is 3.77. The third-order valence-corrected chi connectivity index (χ3v) is 9.39. The summed E-state index contributed by atoms with van der Waals surface area (Å²) in [6.45, 7) is 7.56. The van der Waals surface area contributed by atoms with Gasteiger partial charge in [-0.25, -0.2) is 19.0 Å². The van der Waals surface area contributed by atoms with Gasteiger partial charge < -0.3 is 25.7 Å². The van der Waals surface area contributed by atoms with Crippen molar-refractivity contribution < 1.29 is 31.9 Å². The van der Waals surface area contributed by atoms with Crippen LogP contribution < -0.4 is 16.0 Å². The molecular formula is C37H40F4N8O3. The first-order valence-corrected chi connectivity index (χ1v) is 17.2. The highest BCUT2D eigenvalue weighted by atomic mass is 19.4. The molecular weight excluding hydrogens is 680 g/mol. The Balaban J connectivity index is 1.41. The fourth-order valence-corrected chi connectivity index (χ4v) is 6.49. The molecule has 0 fully saturated rings. The van der Waals surface area contributed by atoms with Crippen molar-refractivity contribution >= 4 is 28.7 Å². The fourth-order valence-electron chi connectivity index (χ4n) is 6.49. The van der Waals surface area contributed by atoms with Crippen molar-refractivity contribution in [3.63, 3.8) is 0 Å². The Morgan fingerprint density at radius 3 is 2.40 bits per heavy atom. The number of halogens is 4. The van der Waals surface area contributed by atoms with Crippen molar-refractivity contribution in [3.05, 3.63) is 88.3 Å². The summed E-state index contributed by atoms with van der Waals surface area (Å²) in [6.07, 6.45) is 0.406. The van der Waals surface area contributed by atoms with Gasteiger partial charge in [0.1, 0.15) is 19.0 Å². The number of carbonyl (C=O) groups is 2. The number of rotatable bonds is 11. The Morgan fingerprint density at radius 2 is 1.77 bits per heavy atom. The van der Waals surface area contributed by atoms with E-state index in [1.807, 2.05) is 32.0 Å². The van der Waals surface area contributed by atoms with Crippen molar-refractivity contribution in [2.45, 2.75) is 72.3 Å². The molecule has 0 radical (unpaired) electrons. The predicted octanol–water partition coefficient (Wildman–Crippen LogP) is 5.80. The minimum atomic E-state index is -4.58. The zero-order chi connectivity index (χ0) is 37.3. The molecule has 1 unspecified atom stereocenters. The van der Waals surface area contributed by atoms with E-state index in [0.29, 0.717) is 53.5 Å². The quantitative estimate of drug-likeness (QED) is 0.115. The molecule has 1 aliphatic heterocycles. The lowest BCUT2D eigenvalue weighted by Gasteiger charge is -2.27. The number of aromatic amines is 1. The molecule has 4 heterocycles. The lowest BCUT2D eigenvalue weighted by atomic mass is 9.95. The summed E-state index contributed by atoms with van der Waals surface area (Å²) >= 11 is 0. The number of carbonyl (C=O) groups excluding carboxylic acids is 2. The fraction of sp³-hybridized carbons (Fsp3) is 0.378. The first-order valence-electron chi connectivity index (χ1n) is 17.2. The molecule has 0 saturated heterocycles. The van der Waals surface area contributed by atoms with Crippen LogP contribution in [0.15, 0.2) is 48.9 Å². The van der Waals surface area contributed by atoms with Gasteiger partial charge in [-0.3, -0.25) is 9.59 Å². The summed E-state index contributed by atoms with van der Waals surface area (Å²) in [6, 6.07) is 8.28. The van der Waals surface area contributed by atoms with Crippen LogP contribution in [0.2, 0.25) is 0 Å². The Kier molecular flexibility index (Phi) is 10.3. The molecule has 1 aliphatic rings. The van der Waals surface area contributed by atoms with Crippen LogP contribution in [0.25, 0.3) is 27.8 Å². The summed E-state index contributed by atoms with van der Waals surface area (Å²) in [5.41, 5.74) is 10.9. The Morgan fingerprint density at radius 1 is 1.08 bits per heavy atom. The topological polar surface area (TPSA) is 144 Å². The summed E-state index contributed by atoms with van der Waals surface area (Å²) in [7, 11) is 0. The van der Waals surface area contributed by atoms with Gasteiger partial charge in [0.15, 0.2) is 0 Å².